The molecular weight excluding hydrogens is 420 g/mol. The summed E-state index contributed by atoms with van der Waals surface area (Å²) in [5.41, 5.74) is 1.74. The number of nitrogens with zero attached hydrogens (tertiary/aromatic N) is 4. The highest BCUT2D eigenvalue weighted by Gasteiger charge is 2.39. The van der Waals surface area contributed by atoms with Gasteiger partial charge >= 0.3 is 0 Å². The molecule has 1 aromatic carbocycles. The summed E-state index contributed by atoms with van der Waals surface area (Å²) >= 11 is 0. The summed E-state index contributed by atoms with van der Waals surface area (Å²) in [7, 11) is -2.09. The van der Waals surface area contributed by atoms with E-state index < -0.39 is 16.1 Å². The Kier molecular flexibility index (Phi) is 4.86. The van der Waals surface area contributed by atoms with Crippen molar-refractivity contribution in [3.05, 3.63) is 35.3 Å². The average Bonchev–Trinajstić information content (AvgIpc) is 3.27. The van der Waals surface area contributed by atoms with E-state index in [1.54, 1.807) is 24.1 Å². The van der Waals surface area contributed by atoms with Crippen LogP contribution in [0, 0.1) is 6.92 Å². The van der Waals surface area contributed by atoms with Gasteiger partial charge in [-0.3, -0.25) is 9.69 Å². The number of hydrogen-bond acceptors (Lipinski definition) is 7. The summed E-state index contributed by atoms with van der Waals surface area (Å²) in [6.45, 7) is 3.11. The van der Waals surface area contributed by atoms with Crippen LogP contribution in [0.25, 0.3) is 0 Å². The summed E-state index contributed by atoms with van der Waals surface area (Å²) in [4.78, 5) is 23.2. The van der Waals surface area contributed by atoms with Crippen LogP contribution in [0.5, 0.6) is 11.5 Å². The van der Waals surface area contributed by atoms with E-state index in [2.05, 4.69) is 9.97 Å². The van der Waals surface area contributed by atoms with Crippen LogP contribution in [-0.2, 0) is 21.2 Å². The molecule has 1 saturated heterocycles. The molecular formula is C21H24N4O5S. The molecule has 1 aromatic heterocycles. The zero-order valence-electron chi connectivity index (χ0n) is 17.5. The molecule has 0 aliphatic carbocycles. The van der Waals surface area contributed by atoms with Crippen LogP contribution in [0.2, 0.25) is 0 Å². The maximum absolute atomic E-state index is 13.5. The Morgan fingerprint density at radius 2 is 1.87 bits per heavy atom. The SMILES string of the molecule is Cc1nc([C@H]2CCCN2S(=O)(=O)c2ccc3c(c2)OCCO3)nc2c1CCC(=O)N2C. The minimum absolute atomic E-state index is 0.00345. The fraction of sp³-hybridized carbons (Fsp3) is 0.476. The number of ether oxygens (including phenoxy) is 2. The standard InChI is InChI=1S/C21H24N4O5S/c1-13-15-6-8-19(26)24(2)21(15)23-20(22-13)16-4-3-9-25(16)31(27,28)14-5-7-17-18(12-14)30-11-10-29-17/h5,7,12,16H,3-4,6,8-11H2,1-2H3/t16-/m1/s1. The third-order valence-corrected chi connectivity index (χ3v) is 8.02. The summed E-state index contributed by atoms with van der Waals surface area (Å²) in [6, 6.07) is 4.22. The molecule has 5 rings (SSSR count). The van der Waals surface area contributed by atoms with Crippen molar-refractivity contribution >= 4 is 21.7 Å². The monoisotopic (exact) mass is 444 g/mol. The Bertz CT molecular complexity index is 1170. The van der Waals surface area contributed by atoms with Gasteiger partial charge in [-0.1, -0.05) is 0 Å². The first-order chi connectivity index (χ1) is 14.9. The van der Waals surface area contributed by atoms with Gasteiger partial charge in [0.1, 0.15) is 24.9 Å². The van der Waals surface area contributed by atoms with E-state index in [-0.39, 0.29) is 10.8 Å². The fourth-order valence-electron chi connectivity index (χ4n) is 4.44. The number of aryl methyl sites for hydroxylation is 1. The number of carbonyl (C=O) groups is 1. The fourth-order valence-corrected chi connectivity index (χ4v) is 6.12. The molecule has 1 atom stereocenters. The van der Waals surface area contributed by atoms with E-state index in [1.165, 1.54) is 10.4 Å². The van der Waals surface area contributed by atoms with Gasteiger partial charge in [0, 0.05) is 37.3 Å². The molecule has 1 amide bonds. The summed E-state index contributed by atoms with van der Waals surface area (Å²) in [5, 5.41) is 0. The summed E-state index contributed by atoms with van der Waals surface area (Å²) < 4.78 is 39.5. The largest absolute Gasteiger partial charge is 0.486 e. The van der Waals surface area contributed by atoms with Crippen molar-refractivity contribution in [1.82, 2.24) is 14.3 Å². The Hall–Kier alpha value is -2.72. The lowest BCUT2D eigenvalue weighted by Gasteiger charge is -2.28. The molecule has 164 valence electrons. The van der Waals surface area contributed by atoms with Crippen LogP contribution < -0.4 is 14.4 Å². The van der Waals surface area contributed by atoms with Crippen molar-refractivity contribution in [2.75, 3.05) is 31.7 Å². The van der Waals surface area contributed by atoms with E-state index in [1.807, 2.05) is 6.92 Å². The first-order valence-corrected chi connectivity index (χ1v) is 11.9. The van der Waals surface area contributed by atoms with E-state index in [0.717, 1.165) is 11.3 Å². The molecule has 0 unspecified atom stereocenters. The van der Waals surface area contributed by atoms with E-state index >= 15 is 0 Å². The maximum Gasteiger partial charge on any atom is 0.243 e. The minimum Gasteiger partial charge on any atom is -0.486 e. The van der Waals surface area contributed by atoms with Crippen LogP contribution >= 0.6 is 0 Å². The van der Waals surface area contributed by atoms with Gasteiger partial charge in [0.2, 0.25) is 15.9 Å². The van der Waals surface area contributed by atoms with Gasteiger partial charge < -0.3 is 9.47 Å². The van der Waals surface area contributed by atoms with Crippen LogP contribution in [0.15, 0.2) is 23.1 Å². The number of hydrogen-bond donors (Lipinski definition) is 0. The predicted molar refractivity (Wildman–Crippen MR) is 112 cm³/mol. The lowest BCUT2D eigenvalue weighted by molar-refractivity contribution is -0.118. The molecule has 0 saturated carbocycles. The van der Waals surface area contributed by atoms with Crippen molar-refractivity contribution in [3.63, 3.8) is 0 Å². The zero-order chi connectivity index (χ0) is 21.8. The second kappa shape index (κ2) is 7.45. The van der Waals surface area contributed by atoms with Crippen LogP contribution in [0.1, 0.15) is 42.4 Å². The van der Waals surface area contributed by atoms with Crippen LogP contribution in [0.3, 0.4) is 0 Å². The summed E-state index contributed by atoms with van der Waals surface area (Å²) in [5.74, 6) is 2.01. The van der Waals surface area contributed by atoms with Gasteiger partial charge in [0.05, 0.1) is 10.9 Å². The Balaban J connectivity index is 1.52. The number of benzene rings is 1. The Morgan fingerprint density at radius 3 is 2.68 bits per heavy atom. The van der Waals surface area contributed by atoms with E-state index in [4.69, 9.17) is 9.47 Å². The molecule has 3 aliphatic heterocycles. The van der Waals surface area contributed by atoms with Gasteiger partial charge in [-0.05, 0) is 38.3 Å². The van der Waals surface area contributed by atoms with Crippen molar-refractivity contribution in [2.24, 2.45) is 0 Å². The first-order valence-electron chi connectivity index (χ1n) is 10.4. The van der Waals surface area contributed by atoms with Gasteiger partial charge in [0.15, 0.2) is 11.5 Å². The number of rotatable bonds is 3. The maximum atomic E-state index is 13.5. The topological polar surface area (TPSA) is 102 Å². The van der Waals surface area contributed by atoms with Crippen molar-refractivity contribution < 1.29 is 22.7 Å². The minimum atomic E-state index is -3.79. The number of fused-ring (bicyclic) bond motifs is 2. The molecule has 0 spiro atoms. The third-order valence-electron chi connectivity index (χ3n) is 6.11. The van der Waals surface area contributed by atoms with Crippen molar-refractivity contribution in [2.45, 2.75) is 43.5 Å². The number of carbonyl (C=O) groups excluding carboxylic acids is 1. The molecule has 0 N–H and O–H groups in total. The number of aromatic nitrogens is 2. The third kappa shape index (κ3) is 3.34. The predicted octanol–water partition coefficient (Wildman–Crippen LogP) is 1.99. The molecule has 10 heteroatoms. The lowest BCUT2D eigenvalue weighted by atomic mass is 10.0. The highest BCUT2D eigenvalue weighted by molar-refractivity contribution is 7.89. The van der Waals surface area contributed by atoms with Gasteiger partial charge in [-0.2, -0.15) is 4.31 Å². The number of sulfonamides is 1. The average molecular weight is 445 g/mol. The molecule has 9 nitrogen and oxygen atoms in total. The number of amides is 1. The highest BCUT2D eigenvalue weighted by Crippen LogP contribution is 2.39. The quantitative estimate of drug-likeness (QED) is 0.713. The van der Waals surface area contributed by atoms with Gasteiger partial charge in [-0.15, -0.1) is 0 Å². The normalized spacial score (nSPS) is 21.3. The van der Waals surface area contributed by atoms with Crippen molar-refractivity contribution in [1.29, 1.82) is 0 Å². The molecule has 0 bridgehead atoms. The van der Waals surface area contributed by atoms with Crippen LogP contribution in [0.4, 0.5) is 5.82 Å². The van der Waals surface area contributed by atoms with Crippen LogP contribution in [-0.4, -0.2) is 55.4 Å². The van der Waals surface area contributed by atoms with E-state index in [9.17, 15) is 13.2 Å². The molecule has 4 heterocycles. The number of anilines is 1. The molecule has 3 aliphatic rings. The molecule has 0 radical (unpaired) electrons. The molecule has 1 fully saturated rings. The Labute approximate surface area is 181 Å². The Morgan fingerprint density at radius 1 is 1.10 bits per heavy atom. The smallest absolute Gasteiger partial charge is 0.243 e. The van der Waals surface area contributed by atoms with Crippen molar-refractivity contribution in [3.8, 4) is 11.5 Å². The zero-order valence-corrected chi connectivity index (χ0v) is 18.3. The second-order valence-corrected chi connectivity index (χ2v) is 9.89. The van der Waals surface area contributed by atoms with E-state index in [0.29, 0.717) is 68.6 Å². The van der Waals surface area contributed by atoms with Gasteiger partial charge in [-0.25, -0.2) is 18.4 Å². The molecule has 2 aromatic rings. The lowest BCUT2D eigenvalue weighted by Crippen LogP contribution is -2.35. The first kappa shape index (κ1) is 20.2. The second-order valence-electron chi connectivity index (χ2n) is 8.00. The summed E-state index contributed by atoms with van der Waals surface area (Å²) in [6.07, 6.45) is 2.37. The molecule has 31 heavy (non-hydrogen) atoms. The van der Waals surface area contributed by atoms with Gasteiger partial charge in [0.25, 0.3) is 0 Å². The highest BCUT2D eigenvalue weighted by atomic mass is 32.2.